The zero-order chi connectivity index (χ0) is 50.6. The number of amides is 1. The van der Waals surface area contributed by atoms with Gasteiger partial charge in [-0.15, -0.1) is 0 Å². The Labute approximate surface area is 430 Å². The van der Waals surface area contributed by atoms with Gasteiger partial charge in [0.05, 0.1) is 51.6 Å². The number of sulfonamides is 1. The van der Waals surface area contributed by atoms with Crippen LogP contribution in [0.1, 0.15) is 72.5 Å². The quantitative estimate of drug-likeness (QED) is 0.0783. The van der Waals surface area contributed by atoms with Gasteiger partial charge in [0.25, 0.3) is 21.6 Å². The summed E-state index contributed by atoms with van der Waals surface area (Å²) in [6.07, 6.45) is 11.7. The van der Waals surface area contributed by atoms with Crippen molar-refractivity contribution in [2.75, 3.05) is 85.7 Å². The molecule has 0 radical (unpaired) electrons. The smallest absolute Gasteiger partial charge is 0.293 e. The van der Waals surface area contributed by atoms with Crippen molar-refractivity contribution in [3.05, 3.63) is 130 Å². The summed E-state index contributed by atoms with van der Waals surface area (Å²) < 4.78 is 48.6. The molecule has 8 heterocycles. The van der Waals surface area contributed by atoms with Crippen molar-refractivity contribution in [2.24, 2.45) is 11.3 Å². The Morgan fingerprint density at radius 3 is 2.51 bits per heavy atom. The van der Waals surface area contributed by atoms with Crippen molar-refractivity contribution in [2.45, 2.75) is 81.0 Å². The highest BCUT2D eigenvalue weighted by Gasteiger charge is 2.50. The van der Waals surface area contributed by atoms with E-state index in [2.05, 4.69) is 76.9 Å². The maximum absolute atomic E-state index is 14.7. The van der Waals surface area contributed by atoms with Gasteiger partial charge in [0.15, 0.2) is 0 Å². The first-order chi connectivity index (χ1) is 36.0. The predicted molar refractivity (Wildman–Crippen MR) is 282 cm³/mol. The number of piperidine rings is 1. The van der Waals surface area contributed by atoms with E-state index in [4.69, 9.17) is 19.2 Å². The number of nitro groups is 1. The van der Waals surface area contributed by atoms with Crippen molar-refractivity contribution >= 4 is 61.1 Å². The summed E-state index contributed by atoms with van der Waals surface area (Å²) in [6.45, 7) is 9.22. The van der Waals surface area contributed by atoms with Crippen LogP contribution in [-0.4, -0.2) is 123 Å². The molecule has 3 aromatic heterocycles. The molecule has 6 aliphatic rings. The Hall–Kier alpha value is -6.80. The van der Waals surface area contributed by atoms with Crippen LogP contribution in [0.15, 0.2) is 108 Å². The van der Waals surface area contributed by atoms with Gasteiger partial charge in [-0.2, -0.15) is 4.98 Å². The molecule has 4 saturated heterocycles. The fourth-order valence-electron chi connectivity index (χ4n) is 12.5. The number of nitrogens with one attached hydrogen (secondary N) is 3. The van der Waals surface area contributed by atoms with E-state index in [0.717, 1.165) is 94.1 Å². The summed E-state index contributed by atoms with van der Waals surface area (Å²) in [7, 11) is -4.61. The van der Waals surface area contributed by atoms with E-state index >= 15 is 0 Å². The highest BCUT2D eigenvalue weighted by molar-refractivity contribution is 7.90. The highest BCUT2D eigenvalue weighted by atomic mass is 32.2. The molecule has 0 unspecified atom stereocenters. The van der Waals surface area contributed by atoms with Crippen molar-refractivity contribution in [3.8, 4) is 5.88 Å². The van der Waals surface area contributed by atoms with Crippen LogP contribution in [0.2, 0.25) is 0 Å². The first kappa shape index (κ1) is 48.2. The Morgan fingerprint density at radius 1 is 0.892 bits per heavy atom. The van der Waals surface area contributed by atoms with Crippen LogP contribution in [0.3, 0.4) is 0 Å². The second-order valence-electron chi connectivity index (χ2n) is 21.0. The first-order valence-electron chi connectivity index (χ1n) is 26.0. The number of carbonyl (C=O) groups excluding carboxylic acids is 1. The standard InChI is InChI=1S/C55H62N10O8S/c1-36-5-2-3-7-43(36)50-34-62(40-6-4-18-56-33-40)22-23-63(50)41-30-55(31-41)16-20-61(21-17-55)39-8-10-44(47(28-39)64-46-15-26-72-35-51(46)73-54-49(64)27-38-12-19-57-52(38)59-54)53(66)60-74(69,70)42-9-11-45(48(29-42)65(67)68)58-32-37-13-24-71-25-14-37/h2-12,18-19,27-29,33,37,41,46,50-51,58H,13-17,20-26,30-32,34-35H2,1H3,(H,57,59)(H,60,66)/t46-,50-,51-/m0/s1. The van der Waals surface area contributed by atoms with Gasteiger partial charge < -0.3 is 39.2 Å². The third-order valence-electron chi connectivity index (χ3n) is 16.7. The molecule has 3 aromatic carbocycles. The van der Waals surface area contributed by atoms with E-state index in [1.807, 2.05) is 48.9 Å². The number of nitrogens with zero attached hydrogens (tertiary/aromatic N) is 7. The third kappa shape index (κ3) is 9.28. The Kier molecular flexibility index (Phi) is 12.9. The minimum absolute atomic E-state index is 0.121. The number of aromatic nitrogens is 3. The first-order valence-corrected chi connectivity index (χ1v) is 27.5. The van der Waals surface area contributed by atoms with Crippen LogP contribution < -0.4 is 29.5 Å². The number of benzene rings is 3. The number of rotatable bonds is 12. The lowest BCUT2D eigenvalue weighted by molar-refractivity contribution is -0.384. The van der Waals surface area contributed by atoms with Gasteiger partial charge in [0.2, 0.25) is 5.88 Å². The number of piperazine rings is 1. The Morgan fingerprint density at radius 2 is 1.72 bits per heavy atom. The number of pyridine rings is 2. The molecule has 386 valence electrons. The fourth-order valence-corrected chi connectivity index (χ4v) is 13.5. The molecule has 1 spiro atoms. The molecule has 5 aliphatic heterocycles. The topological polar surface area (TPSA) is 201 Å². The zero-order valence-corrected chi connectivity index (χ0v) is 42.3. The average Bonchev–Trinajstić information content (AvgIpc) is 3.89. The van der Waals surface area contributed by atoms with E-state index in [1.54, 1.807) is 6.07 Å². The summed E-state index contributed by atoms with van der Waals surface area (Å²) in [6, 6.07) is 26.7. The molecule has 18 nitrogen and oxygen atoms in total. The number of anilines is 5. The second-order valence-corrected chi connectivity index (χ2v) is 22.7. The number of ether oxygens (including phenoxy) is 3. The van der Waals surface area contributed by atoms with Crippen molar-refractivity contribution < 1.29 is 32.3 Å². The maximum Gasteiger partial charge on any atom is 0.293 e. The molecule has 1 aliphatic carbocycles. The van der Waals surface area contributed by atoms with Gasteiger partial charge >= 0.3 is 0 Å². The minimum atomic E-state index is -4.61. The molecule has 5 fully saturated rings. The van der Waals surface area contributed by atoms with Gasteiger partial charge in [-0.25, -0.2) is 13.1 Å². The maximum atomic E-state index is 14.7. The third-order valence-corrected chi connectivity index (χ3v) is 18.0. The molecule has 1 amide bonds. The lowest BCUT2D eigenvalue weighted by Crippen LogP contribution is -2.60. The number of H-pyrrole nitrogens is 1. The Balaban J connectivity index is 0.816. The largest absolute Gasteiger partial charge is 0.468 e. The number of carbonyl (C=O) groups is 1. The number of aromatic amines is 1. The van der Waals surface area contributed by atoms with Gasteiger partial charge in [0, 0.05) is 94.7 Å². The van der Waals surface area contributed by atoms with E-state index < -0.39 is 37.5 Å². The molecule has 74 heavy (non-hydrogen) atoms. The molecule has 3 N–H and O–H groups in total. The summed E-state index contributed by atoms with van der Waals surface area (Å²) in [5.41, 5.74) is 6.74. The van der Waals surface area contributed by atoms with Crippen LogP contribution in [0, 0.1) is 28.4 Å². The zero-order valence-electron chi connectivity index (χ0n) is 41.5. The molecule has 6 aromatic rings. The molecule has 19 heteroatoms. The van der Waals surface area contributed by atoms with Gasteiger partial charge in [0.1, 0.15) is 23.1 Å². The van der Waals surface area contributed by atoms with Crippen LogP contribution >= 0.6 is 0 Å². The van der Waals surface area contributed by atoms with Crippen LogP contribution in [0.25, 0.3) is 11.0 Å². The van der Waals surface area contributed by atoms with Crippen LogP contribution in [-0.2, 0) is 19.5 Å². The van der Waals surface area contributed by atoms with Gasteiger partial charge in [-0.1, -0.05) is 24.3 Å². The summed E-state index contributed by atoms with van der Waals surface area (Å²) in [4.78, 5) is 48.2. The summed E-state index contributed by atoms with van der Waals surface area (Å²) in [5, 5.41) is 16.3. The normalized spacial score (nSPS) is 22.4. The number of nitro benzene ring substituents is 1. The molecule has 12 rings (SSSR count). The SMILES string of the molecule is Cc1ccccc1[C@@H]1CN(c2cccnc2)CCN1C1CC2(CCN(c3ccc(C(=O)NS(=O)(=O)c4ccc(NCC5CCOCC5)c([N+](=O)[O-])c4)c(N4c5cc6cc[nH]c6nc5O[C@H]5COCC[C@@H]54)c3)CC2)C1. The number of fused-ring (bicyclic) bond motifs is 3. The molecular weight excluding hydrogens is 961 g/mol. The lowest BCUT2D eigenvalue weighted by Gasteiger charge is -2.58. The molecule has 0 bridgehead atoms. The summed E-state index contributed by atoms with van der Waals surface area (Å²) >= 11 is 0. The van der Waals surface area contributed by atoms with Gasteiger partial charge in [-0.3, -0.25) is 24.8 Å². The summed E-state index contributed by atoms with van der Waals surface area (Å²) in [5.74, 6) is -0.230. The van der Waals surface area contributed by atoms with E-state index in [0.29, 0.717) is 68.3 Å². The molecular formula is C55H62N10O8S. The van der Waals surface area contributed by atoms with Crippen LogP contribution in [0.5, 0.6) is 5.88 Å². The van der Waals surface area contributed by atoms with Gasteiger partial charge in [-0.05, 0) is 129 Å². The average molecular weight is 1020 g/mol. The van der Waals surface area contributed by atoms with E-state index in [-0.39, 0.29) is 34.7 Å². The number of hydrogen-bond acceptors (Lipinski definition) is 15. The molecule has 1 saturated carbocycles. The monoisotopic (exact) mass is 1020 g/mol. The highest BCUT2D eigenvalue weighted by Crippen LogP contribution is 2.54. The Bertz CT molecular complexity index is 3170. The molecule has 3 atom stereocenters. The van der Waals surface area contributed by atoms with Crippen LogP contribution in [0.4, 0.5) is 34.1 Å². The second kappa shape index (κ2) is 19.8. The van der Waals surface area contributed by atoms with Crippen molar-refractivity contribution in [3.63, 3.8) is 0 Å². The minimum Gasteiger partial charge on any atom is -0.468 e. The predicted octanol–water partition coefficient (Wildman–Crippen LogP) is 8.13. The van der Waals surface area contributed by atoms with Crippen molar-refractivity contribution in [1.29, 1.82) is 0 Å². The van der Waals surface area contributed by atoms with E-state index in [9.17, 15) is 23.3 Å². The number of aryl methyl sites for hydroxylation is 1. The van der Waals surface area contributed by atoms with E-state index in [1.165, 1.54) is 23.3 Å². The number of hydrogen-bond donors (Lipinski definition) is 3. The fraction of sp³-hybridized carbons (Fsp3) is 0.436. The lowest BCUT2D eigenvalue weighted by atomic mass is 9.59. The van der Waals surface area contributed by atoms with Crippen molar-refractivity contribution in [1.82, 2.24) is 24.6 Å².